The van der Waals surface area contributed by atoms with Crippen LogP contribution in [-0.4, -0.2) is 54.4 Å². The molecule has 0 saturated carbocycles. The Kier molecular flexibility index (Phi) is 4.05. The van der Waals surface area contributed by atoms with E-state index in [1.165, 1.54) is 0 Å². The van der Waals surface area contributed by atoms with Crippen molar-refractivity contribution < 1.29 is 27.9 Å². The van der Waals surface area contributed by atoms with E-state index >= 15 is 0 Å². The molecular formula is C9H14F3N3O3. The molecule has 1 atom stereocenters. The lowest BCUT2D eigenvalue weighted by Crippen LogP contribution is -2.49. The van der Waals surface area contributed by atoms with E-state index in [1.54, 1.807) is 0 Å². The third kappa shape index (κ3) is 2.50. The number of nitrogens with two attached hydrogens (primary N) is 1. The monoisotopic (exact) mass is 269 g/mol. The number of amides is 2. The van der Waals surface area contributed by atoms with Gasteiger partial charge < -0.3 is 21.1 Å². The van der Waals surface area contributed by atoms with Gasteiger partial charge in [-0.25, -0.2) is 4.79 Å². The van der Waals surface area contributed by atoms with Gasteiger partial charge in [0.1, 0.15) is 0 Å². The first-order chi connectivity index (χ1) is 8.24. The number of carbonyl (C=O) groups excluding carboxylic acids is 1. The highest BCUT2D eigenvalue weighted by molar-refractivity contribution is 5.80. The van der Waals surface area contributed by atoms with Crippen LogP contribution in [0.25, 0.3) is 0 Å². The standard InChI is InChI=1S/C9H14F3N3O3/c10-9(11,12)8(6(16)17)1-4-15(5-8)7(18)14-3-2-13/h1-5,13H2,(H,14,18)(H,16,17). The summed E-state index contributed by atoms with van der Waals surface area (Å²) in [5, 5.41) is 11.1. The summed E-state index contributed by atoms with van der Waals surface area (Å²) in [6.07, 6.45) is -5.52. The number of aliphatic carboxylic acids is 1. The summed E-state index contributed by atoms with van der Waals surface area (Å²) in [6, 6.07) is -0.729. The van der Waals surface area contributed by atoms with Crippen LogP contribution in [0.3, 0.4) is 0 Å². The number of nitrogens with zero attached hydrogens (tertiary/aromatic N) is 1. The van der Waals surface area contributed by atoms with Crippen molar-refractivity contribution in [2.75, 3.05) is 26.2 Å². The van der Waals surface area contributed by atoms with Crippen molar-refractivity contribution in [2.24, 2.45) is 11.1 Å². The average molecular weight is 269 g/mol. The van der Waals surface area contributed by atoms with Crippen LogP contribution in [0.5, 0.6) is 0 Å². The van der Waals surface area contributed by atoms with Crippen LogP contribution in [0, 0.1) is 5.41 Å². The van der Waals surface area contributed by atoms with Gasteiger partial charge in [0.25, 0.3) is 0 Å². The van der Waals surface area contributed by atoms with Gasteiger partial charge in [-0.05, 0) is 6.42 Å². The van der Waals surface area contributed by atoms with E-state index in [-0.39, 0.29) is 19.6 Å². The number of hydrogen-bond donors (Lipinski definition) is 3. The van der Waals surface area contributed by atoms with Gasteiger partial charge in [-0.1, -0.05) is 0 Å². The number of carboxylic acids is 1. The maximum Gasteiger partial charge on any atom is 0.406 e. The molecule has 0 radical (unpaired) electrons. The Morgan fingerprint density at radius 1 is 1.44 bits per heavy atom. The maximum atomic E-state index is 12.8. The van der Waals surface area contributed by atoms with Crippen LogP contribution in [0.4, 0.5) is 18.0 Å². The minimum absolute atomic E-state index is 0.126. The molecule has 1 fully saturated rings. The Hall–Kier alpha value is -1.51. The summed E-state index contributed by atoms with van der Waals surface area (Å²) in [4.78, 5) is 23.1. The number of rotatable bonds is 3. The first-order valence-electron chi connectivity index (χ1n) is 5.27. The largest absolute Gasteiger partial charge is 0.481 e. The number of hydrogen-bond acceptors (Lipinski definition) is 3. The molecule has 0 aliphatic carbocycles. The molecule has 104 valence electrons. The molecule has 0 spiro atoms. The molecule has 1 aliphatic rings. The molecule has 0 bridgehead atoms. The first kappa shape index (κ1) is 14.6. The van der Waals surface area contributed by atoms with Crippen molar-refractivity contribution in [1.82, 2.24) is 10.2 Å². The van der Waals surface area contributed by atoms with Crippen molar-refractivity contribution in [3.63, 3.8) is 0 Å². The van der Waals surface area contributed by atoms with Crippen LogP contribution in [0.2, 0.25) is 0 Å². The van der Waals surface area contributed by atoms with Gasteiger partial charge in [-0.15, -0.1) is 0 Å². The number of nitrogens with one attached hydrogen (secondary N) is 1. The third-order valence-corrected chi connectivity index (χ3v) is 2.93. The minimum atomic E-state index is -4.89. The predicted molar refractivity (Wildman–Crippen MR) is 54.8 cm³/mol. The Balaban J connectivity index is 2.79. The van der Waals surface area contributed by atoms with Crippen LogP contribution in [-0.2, 0) is 4.79 Å². The SMILES string of the molecule is NCCNC(=O)N1CCC(C(=O)O)(C(F)(F)F)C1. The lowest BCUT2D eigenvalue weighted by Gasteiger charge is -2.27. The van der Waals surface area contributed by atoms with Gasteiger partial charge in [-0.2, -0.15) is 13.2 Å². The second-order valence-corrected chi connectivity index (χ2v) is 4.08. The Bertz CT molecular complexity index is 348. The summed E-state index contributed by atoms with van der Waals surface area (Å²) < 4.78 is 38.4. The summed E-state index contributed by atoms with van der Waals surface area (Å²) in [5.74, 6) is -1.95. The van der Waals surface area contributed by atoms with Crippen molar-refractivity contribution >= 4 is 12.0 Å². The van der Waals surface area contributed by atoms with Gasteiger partial charge in [0.15, 0.2) is 5.41 Å². The summed E-state index contributed by atoms with van der Waals surface area (Å²) in [6.45, 7) is -0.838. The quantitative estimate of drug-likeness (QED) is 0.671. The Morgan fingerprint density at radius 3 is 2.44 bits per heavy atom. The number of urea groups is 1. The number of halogens is 3. The molecule has 0 aromatic carbocycles. The molecule has 0 aromatic rings. The van der Waals surface area contributed by atoms with E-state index in [4.69, 9.17) is 10.8 Å². The van der Waals surface area contributed by atoms with E-state index in [2.05, 4.69) is 5.32 Å². The Labute approximate surface area is 101 Å². The van der Waals surface area contributed by atoms with Gasteiger partial charge >= 0.3 is 18.2 Å². The topological polar surface area (TPSA) is 95.7 Å². The second-order valence-electron chi connectivity index (χ2n) is 4.08. The third-order valence-electron chi connectivity index (χ3n) is 2.93. The molecule has 1 aliphatic heterocycles. The molecule has 1 saturated heterocycles. The molecule has 6 nitrogen and oxygen atoms in total. The van der Waals surface area contributed by atoms with Crippen molar-refractivity contribution in [2.45, 2.75) is 12.6 Å². The van der Waals surface area contributed by atoms with E-state index in [0.717, 1.165) is 4.90 Å². The van der Waals surface area contributed by atoms with Crippen molar-refractivity contribution in [3.05, 3.63) is 0 Å². The van der Waals surface area contributed by atoms with Gasteiger partial charge in [0.05, 0.1) is 0 Å². The van der Waals surface area contributed by atoms with Gasteiger partial charge in [0.2, 0.25) is 0 Å². The number of likely N-dealkylation sites (tertiary alicyclic amines) is 1. The number of alkyl halides is 3. The van der Waals surface area contributed by atoms with Crippen LogP contribution in [0.1, 0.15) is 6.42 Å². The van der Waals surface area contributed by atoms with Crippen LogP contribution >= 0.6 is 0 Å². The fourth-order valence-corrected chi connectivity index (χ4v) is 1.80. The second kappa shape index (κ2) is 5.01. The zero-order chi connectivity index (χ0) is 14.0. The molecule has 1 heterocycles. The van der Waals surface area contributed by atoms with E-state index in [1.807, 2.05) is 0 Å². The van der Waals surface area contributed by atoms with Gasteiger partial charge in [0, 0.05) is 26.2 Å². The van der Waals surface area contributed by atoms with Crippen LogP contribution in [0.15, 0.2) is 0 Å². The molecule has 1 rings (SSSR count). The molecule has 2 amide bonds. The number of carbonyl (C=O) groups is 2. The Morgan fingerprint density at radius 2 is 2.06 bits per heavy atom. The average Bonchev–Trinajstić information content (AvgIpc) is 2.71. The summed E-state index contributed by atoms with van der Waals surface area (Å²) in [5.41, 5.74) is 2.27. The number of carboxylic acid groups (broad SMARTS) is 1. The van der Waals surface area contributed by atoms with Crippen molar-refractivity contribution in [1.29, 1.82) is 0 Å². The molecule has 18 heavy (non-hydrogen) atoms. The van der Waals surface area contributed by atoms with Crippen LogP contribution < -0.4 is 11.1 Å². The van der Waals surface area contributed by atoms with Crippen molar-refractivity contribution in [3.8, 4) is 0 Å². The van der Waals surface area contributed by atoms with E-state index in [9.17, 15) is 22.8 Å². The fourth-order valence-electron chi connectivity index (χ4n) is 1.80. The smallest absolute Gasteiger partial charge is 0.406 e. The zero-order valence-electron chi connectivity index (χ0n) is 9.46. The highest BCUT2D eigenvalue weighted by atomic mass is 19.4. The normalized spacial score (nSPS) is 24.1. The first-order valence-corrected chi connectivity index (χ1v) is 5.27. The maximum absolute atomic E-state index is 12.8. The molecular weight excluding hydrogens is 255 g/mol. The molecule has 9 heteroatoms. The lowest BCUT2D eigenvalue weighted by molar-refractivity contribution is -0.226. The highest BCUT2D eigenvalue weighted by Crippen LogP contribution is 2.45. The van der Waals surface area contributed by atoms with E-state index in [0.29, 0.717) is 0 Å². The van der Waals surface area contributed by atoms with Gasteiger partial charge in [-0.3, -0.25) is 4.79 Å². The summed E-state index contributed by atoms with van der Waals surface area (Å²) in [7, 11) is 0. The van der Waals surface area contributed by atoms with E-state index < -0.39 is 36.6 Å². The fraction of sp³-hybridized carbons (Fsp3) is 0.778. The molecule has 4 N–H and O–H groups in total. The molecule has 1 unspecified atom stereocenters. The summed E-state index contributed by atoms with van der Waals surface area (Å²) >= 11 is 0. The zero-order valence-corrected chi connectivity index (χ0v) is 9.46. The minimum Gasteiger partial charge on any atom is -0.481 e. The highest BCUT2D eigenvalue weighted by Gasteiger charge is 2.64. The molecule has 0 aromatic heterocycles. The predicted octanol–water partition coefficient (Wildman–Crippen LogP) is -0.00630. The lowest BCUT2D eigenvalue weighted by atomic mass is 9.86.